The number of aryl methyl sites for hydroxylation is 1. The fourth-order valence-electron chi connectivity index (χ4n) is 1.49. The fourth-order valence-corrected chi connectivity index (χ4v) is 1.49. The molecular formula is C13H20N2O2. The van der Waals surface area contributed by atoms with Crippen molar-refractivity contribution < 1.29 is 10.2 Å². The van der Waals surface area contributed by atoms with Crippen molar-refractivity contribution in [2.24, 2.45) is 0 Å². The zero-order valence-electron chi connectivity index (χ0n) is 10.6. The SMILES string of the molecule is CC(C)=CCNCc1c(CO)cnc(C)c1O. The number of aliphatic hydroxyl groups is 1. The Kier molecular flexibility index (Phi) is 5.12. The van der Waals surface area contributed by atoms with Crippen molar-refractivity contribution in [3.8, 4) is 5.75 Å². The molecule has 0 saturated carbocycles. The van der Waals surface area contributed by atoms with Gasteiger partial charge in [-0.25, -0.2) is 0 Å². The molecule has 3 N–H and O–H groups in total. The first-order valence-electron chi connectivity index (χ1n) is 5.67. The fraction of sp³-hybridized carbons (Fsp3) is 0.462. The molecule has 1 aromatic rings. The third kappa shape index (κ3) is 3.84. The highest BCUT2D eigenvalue weighted by atomic mass is 16.3. The Morgan fingerprint density at radius 1 is 1.47 bits per heavy atom. The summed E-state index contributed by atoms with van der Waals surface area (Å²) in [6, 6.07) is 0. The number of aromatic nitrogens is 1. The Hall–Kier alpha value is -1.39. The summed E-state index contributed by atoms with van der Waals surface area (Å²) >= 11 is 0. The van der Waals surface area contributed by atoms with E-state index in [1.165, 1.54) is 5.57 Å². The number of rotatable bonds is 5. The minimum Gasteiger partial charge on any atom is -0.506 e. The third-order valence-corrected chi connectivity index (χ3v) is 2.56. The van der Waals surface area contributed by atoms with Crippen LogP contribution in [0.2, 0.25) is 0 Å². The second kappa shape index (κ2) is 6.37. The number of aromatic hydroxyl groups is 1. The summed E-state index contributed by atoms with van der Waals surface area (Å²) in [5.74, 6) is 0.168. The van der Waals surface area contributed by atoms with E-state index in [0.29, 0.717) is 17.8 Å². The van der Waals surface area contributed by atoms with E-state index in [1.54, 1.807) is 13.1 Å². The van der Waals surface area contributed by atoms with Gasteiger partial charge in [-0.3, -0.25) is 4.98 Å². The van der Waals surface area contributed by atoms with Crippen molar-refractivity contribution in [1.29, 1.82) is 0 Å². The number of nitrogens with zero attached hydrogens (tertiary/aromatic N) is 1. The zero-order valence-corrected chi connectivity index (χ0v) is 10.6. The maximum absolute atomic E-state index is 9.89. The van der Waals surface area contributed by atoms with Gasteiger partial charge >= 0.3 is 0 Å². The average Bonchev–Trinajstić information content (AvgIpc) is 2.29. The van der Waals surface area contributed by atoms with E-state index in [0.717, 1.165) is 12.1 Å². The maximum Gasteiger partial charge on any atom is 0.141 e. The minimum atomic E-state index is -0.111. The Bertz CT molecular complexity index is 410. The van der Waals surface area contributed by atoms with Crippen molar-refractivity contribution in [2.75, 3.05) is 6.54 Å². The van der Waals surface area contributed by atoms with Crippen LogP contribution in [-0.2, 0) is 13.2 Å². The Balaban J connectivity index is 2.75. The van der Waals surface area contributed by atoms with E-state index in [4.69, 9.17) is 0 Å². The summed E-state index contributed by atoms with van der Waals surface area (Å²) < 4.78 is 0. The van der Waals surface area contributed by atoms with Gasteiger partial charge in [-0.1, -0.05) is 11.6 Å². The third-order valence-electron chi connectivity index (χ3n) is 2.56. The molecule has 1 aromatic heterocycles. The van der Waals surface area contributed by atoms with Gasteiger partial charge in [0.25, 0.3) is 0 Å². The van der Waals surface area contributed by atoms with E-state index in [2.05, 4.69) is 16.4 Å². The summed E-state index contributed by atoms with van der Waals surface area (Å²) in [5.41, 5.74) is 3.22. The van der Waals surface area contributed by atoms with E-state index in [9.17, 15) is 10.2 Å². The van der Waals surface area contributed by atoms with Gasteiger partial charge < -0.3 is 15.5 Å². The van der Waals surface area contributed by atoms with Crippen molar-refractivity contribution >= 4 is 0 Å². The molecule has 4 nitrogen and oxygen atoms in total. The van der Waals surface area contributed by atoms with Crippen LogP contribution in [0.4, 0.5) is 0 Å². The lowest BCUT2D eigenvalue weighted by atomic mass is 10.1. The topological polar surface area (TPSA) is 65.4 Å². The maximum atomic E-state index is 9.89. The van der Waals surface area contributed by atoms with Crippen molar-refractivity contribution in [3.63, 3.8) is 0 Å². The Morgan fingerprint density at radius 3 is 2.76 bits per heavy atom. The first kappa shape index (κ1) is 13.7. The Labute approximate surface area is 102 Å². The van der Waals surface area contributed by atoms with Gasteiger partial charge in [0.15, 0.2) is 0 Å². The summed E-state index contributed by atoms with van der Waals surface area (Å²) in [6.45, 7) is 6.98. The van der Waals surface area contributed by atoms with E-state index in [-0.39, 0.29) is 12.4 Å². The second-order valence-corrected chi connectivity index (χ2v) is 4.27. The first-order valence-corrected chi connectivity index (χ1v) is 5.67. The highest BCUT2D eigenvalue weighted by Crippen LogP contribution is 2.23. The lowest BCUT2D eigenvalue weighted by Crippen LogP contribution is -2.15. The van der Waals surface area contributed by atoms with Gasteiger partial charge in [-0.05, 0) is 20.8 Å². The monoisotopic (exact) mass is 236 g/mol. The first-order chi connectivity index (χ1) is 8.06. The summed E-state index contributed by atoms with van der Waals surface area (Å²) in [7, 11) is 0. The molecule has 0 aliphatic carbocycles. The highest BCUT2D eigenvalue weighted by molar-refractivity contribution is 5.40. The number of hydrogen-bond acceptors (Lipinski definition) is 4. The van der Waals surface area contributed by atoms with Crippen LogP contribution in [0, 0.1) is 6.92 Å². The van der Waals surface area contributed by atoms with Gasteiger partial charge in [0.2, 0.25) is 0 Å². The molecule has 0 amide bonds. The molecule has 1 rings (SSSR count). The molecule has 0 spiro atoms. The molecule has 4 heteroatoms. The summed E-state index contributed by atoms with van der Waals surface area (Å²) in [5, 5.41) is 22.3. The molecule has 0 bridgehead atoms. The number of aliphatic hydroxyl groups excluding tert-OH is 1. The smallest absolute Gasteiger partial charge is 0.141 e. The highest BCUT2D eigenvalue weighted by Gasteiger charge is 2.10. The summed E-state index contributed by atoms with van der Waals surface area (Å²) in [4.78, 5) is 4.02. The van der Waals surface area contributed by atoms with Crippen molar-refractivity contribution in [1.82, 2.24) is 10.3 Å². The van der Waals surface area contributed by atoms with E-state index >= 15 is 0 Å². The van der Waals surface area contributed by atoms with Gasteiger partial charge in [0, 0.05) is 30.4 Å². The largest absolute Gasteiger partial charge is 0.506 e. The van der Waals surface area contributed by atoms with Gasteiger partial charge in [0.05, 0.1) is 12.3 Å². The van der Waals surface area contributed by atoms with Crippen LogP contribution in [0.25, 0.3) is 0 Å². The van der Waals surface area contributed by atoms with Gasteiger partial charge in [0.1, 0.15) is 5.75 Å². The molecule has 0 atom stereocenters. The van der Waals surface area contributed by atoms with E-state index in [1.807, 2.05) is 13.8 Å². The normalized spacial score (nSPS) is 10.4. The molecule has 0 aliphatic rings. The van der Waals surface area contributed by atoms with E-state index < -0.39 is 0 Å². The summed E-state index contributed by atoms with van der Waals surface area (Å²) in [6.07, 6.45) is 3.68. The van der Waals surface area contributed by atoms with Crippen LogP contribution in [0.3, 0.4) is 0 Å². The molecule has 0 saturated heterocycles. The molecular weight excluding hydrogens is 216 g/mol. The predicted octanol–water partition coefficient (Wildman–Crippen LogP) is 1.64. The van der Waals surface area contributed by atoms with Crippen molar-refractivity contribution in [2.45, 2.75) is 33.9 Å². The molecule has 94 valence electrons. The predicted molar refractivity (Wildman–Crippen MR) is 67.7 cm³/mol. The molecule has 17 heavy (non-hydrogen) atoms. The lowest BCUT2D eigenvalue weighted by molar-refractivity contribution is 0.278. The number of hydrogen-bond donors (Lipinski definition) is 3. The zero-order chi connectivity index (χ0) is 12.8. The lowest BCUT2D eigenvalue weighted by Gasteiger charge is -2.11. The molecule has 1 heterocycles. The van der Waals surface area contributed by atoms with Gasteiger partial charge in [-0.15, -0.1) is 0 Å². The standard InChI is InChI=1S/C13H20N2O2/c1-9(2)4-5-14-7-12-11(8-16)6-15-10(3)13(12)17/h4,6,14,16-17H,5,7-8H2,1-3H3. The molecule has 0 aliphatic heterocycles. The number of pyridine rings is 1. The number of nitrogens with one attached hydrogen (secondary N) is 1. The van der Waals surface area contributed by atoms with Crippen LogP contribution in [0.15, 0.2) is 17.8 Å². The molecule has 0 fully saturated rings. The van der Waals surface area contributed by atoms with Crippen LogP contribution >= 0.6 is 0 Å². The van der Waals surface area contributed by atoms with Gasteiger partial charge in [-0.2, -0.15) is 0 Å². The number of allylic oxidation sites excluding steroid dienone is 1. The van der Waals surface area contributed by atoms with Crippen LogP contribution in [0.1, 0.15) is 30.7 Å². The molecule has 0 aromatic carbocycles. The van der Waals surface area contributed by atoms with Crippen LogP contribution < -0.4 is 5.32 Å². The Morgan fingerprint density at radius 2 is 2.18 bits per heavy atom. The second-order valence-electron chi connectivity index (χ2n) is 4.27. The van der Waals surface area contributed by atoms with Crippen LogP contribution in [0.5, 0.6) is 5.75 Å². The van der Waals surface area contributed by atoms with Crippen LogP contribution in [-0.4, -0.2) is 21.7 Å². The molecule has 0 unspecified atom stereocenters. The van der Waals surface area contributed by atoms with Crippen molar-refractivity contribution in [3.05, 3.63) is 34.7 Å². The quantitative estimate of drug-likeness (QED) is 0.537. The average molecular weight is 236 g/mol. The molecule has 0 radical (unpaired) electrons. The minimum absolute atomic E-state index is 0.111.